The minimum Gasteiger partial charge on any atom is -0.258 e. The van der Waals surface area contributed by atoms with Crippen molar-refractivity contribution in [3.8, 4) is 0 Å². The van der Waals surface area contributed by atoms with Crippen molar-refractivity contribution < 1.29 is 9.31 Å². The average molecular weight is 215 g/mol. The van der Waals surface area contributed by atoms with Crippen LogP contribution in [0.1, 0.15) is 12.0 Å². The van der Waals surface area contributed by atoms with Crippen LogP contribution in [0.4, 0.5) is 10.1 Å². The predicted octanol–water partition coefficient (Wildman–Crippen LogP) is 2.60. The normalized spacial score (nSPS) is 10.1. The summed E-state index contributed by atoms with van der Waals surface area (Å²) in [5, 5.41) is 10.4. The first-order chi connectivity index (χ1) is 6.65. The Morgan fingerprint density at radius 1 is 1.50 bits per heavy atom. The number of rotatable bonds is 4. The Kier molecular flexibility index (Phi) is 3.88. The van der Waals surface area contributed by atoms with E-state index in [0.29, 0.717) is 24.2 Å². The molecule has 76 valence electrons. The van der Waals surface area contributed by atoms with Crippen molar-refractivity contribution in [2.45, 2.75) is 12.8 Å². The lowest BCUT2D eigenvalue weighted by Gasteiger charge is -2.01. The maximum absolute atomic E-state index is 13.1. The quantitative estimate of drug-likeness (QED) is 0.476. The van der Waals surface area contributed by atoms with Gasteiger partial charge in [-0.3, -0.25) is 10.1 Å². The zero-order chi connectivity index (χ0) is 10.6. The van der Waals surface area contributed by atoms with Crippen LogP contribution in [0.15, 0.2) is 18.2 Å². The molecule has 0 saturated heterocycles. The zero-order valence-corrected chi connectivity index (χ0v) is 8.34. The Balaban J connectivity index is 2.90. The third kappa shape index (κ3) is 2.70. The fourth-order valence-electron chi connectivity index (χ4n) is 1.14. The van der Waals surface area contributed by atoms with Crippen LogP contribution in [0, 0.1) is 15.9 Å². The van der Waals surface area contributed by atoms with Gasteiger partial charge in [0.15, 0.2) is 0 Å². The third-order valence-corrected chi connectivity index (χ3v) is 2.16. The van der Waals surface area contributed by atoms with Gasteiger partial charge in [0.1, 0.15) is 5.82 Å². The monoisotopic (exact) mass is 215 g/mol. The smallest absolute Gasteiger partial charge is 0.258 e. The van der Waals surface area contributed by atoms with Crippen molar-refractivity contribution >= 4 is 18.3 Å². The molecule has 0 heterocycles. The first kappa shape index (κ1) is 11.0. The van der Waals surface area contributed by atoms with Crippen LogP contribution in [0.2, 0.25) is 0 Å². The first-order valence-corrected chi connectivity index (χ1v) is 4.82. The molecule has 0 aliphatic carbocycles. The Morgan fingerprint density at radius 2 is 2.21 bits per heavy atom. The molecule has 0 amide bonds. The van der Waals surface area contributed by atoms with Gasteiger partial charge in [0.05, 0.1) is 4.92 Å². The lowest BCUT2D eigenvalue weighted by atomic mass is 10.1. The number of non-ortho nitro benzene ring substituents is 1. The van der Waals surface area contributed by atoms with E-state index in [1.807, 2.05) is 0 Å². The highest BCUT2D eigenvalue weighted by Crippen LogP contribution is 2.18. The number of nitro benzene ring substituents is 1. The number of hydrogen-bond donors (Lipinski definition) is 1. The number of halogens is 1. The van der Waals surface area contributed by atoms with E-state index in [4.69, 9.17) is 0 Å². The average Bonchev–Trinajstić information content (AvgIpc) is 2.16. The molecule has 14 heavy (non-hydrogen) atoms. The molecule has 0 atom stereocenters. The number of thiol groups is 1. The van der Waals surface area contributed by atoms with E-state index in [0.717, 1.165) is 6.07 Å². The van der Waals surface area contributed by atoms with Crippen molar-refractivity contribution in [3.63, 3.8) is 0 Å². The van der Waals surface area contributed by atoms with Crippen LogP contribution in [0.3, 0.4) is 0 Å². The highest BCUT2D eigenvalue weighted by molar-refractivity contribution is 7.80. The summed E-state index contributed by atoms with van der Waals surface area (Å²) in [4.78, 5) is 9.88. The topological polar surface area (TPSA) is 43.1 Å². The van der Waals surface area contributed by atoms with Gasteiger partial charge in [-0.1, -0.05) is 0 Å². The van der Waals surface area contributed by atoms with Gasteiger partial charge in [-0.25, -0.2) is 4.39 Å². The maximum Gasteiger partial charge on any atom is 0.269 e. The largest absolute Gasteiger partial charge is 0.269 e. The van der Waals surface area contributed by atoms with Crippen LogP contribution in [0.5, 0.6) is 0 Å². The van der Waals surface area contributed by atoms with E-state index in [9.17, 15) is 14.5 Å². The molecule has 0 aliphatic heterocycles. The molecule has 0 N–H and O–H groups in total. The van der Waals surface area contributed by atoms with Gasteiger partial charge in [-0.2, -0.15) is 12.6 Å². The minimum absolute atomic E-state index is 0.0689. The van der Waals surface area contributed by atoms with Crippen LogP contribution in [0.25, 0.3) is 0 Å². The minimum atomic E-state index is -0.524. The van der Waals surface area contributed by atoms with Gasteiger partial charge in [0.2, 0.25) is 0 Å². The standard InChI is InChI=1S/C9H10FNO2S/c10-9-4-3-8(11(12)13)6-7(9)2-1-5-14/h3-4,6,14H,1-2,5H2. The summed E-state index contributed by atoms with van der Waals surface area (Å²) in [6.45, 7) is 0. The van der Waals surface area contributed by atoms with Gasteiger partial charge in [-0.05, 0) is 30.2 Å². The van der Waals surface area contributed by atoms with Crippen LogP contribution >= 0.6 is 12.6 Å². The Bertz CT molecular complexity index is 344. The molecule has 0 spiro atoms. The molecule has 0 aliphatic rings. The van der Waals surface area contributed by atoms with Crippen LogP contribution < -0.4 is 0 Å². The molecule has 0 saturated carbocycles. The molecule has 0 bridgehead atoms. The van der Waals surface area contributed by atoms with Crippen LogP contribution in [-0.4, -0.2) is 10.7 Å². The molecular formula is C9H10FNO2S. The van der Waals surface area contributed by atoms with Crippen molar-refractivity contribution in [1.29, 1.82) is 0 Å². The fraction of sp³-hybridized carbons (Fsp3) is 0.333. The lowest BCUT2D eigenvalue weighted by molar-refractivity contribution is -0.385. The molecule has 1 rings (SSSR count). The molecule has 0 fully saturated rings. The molecule has 3 nitrogen and oxygen atoms in total. The number of benzene rings is 1. The fourth-order valence-corrected chi connectivity index (χ4v) is 1.29. The summed E-state index contributed by atoms with van der Waals surface area (Å²) in [5.74, 6) is 0.250. The Labute approximate surface area is 86.5 Å². The van der Waals surface area contributed by atoms with E-state index < -0.39 is 10.7 Å². The summed E-state index contributed by atoms with van der Waals surface area (Å²) in [6.07, 6.45) is 1.19. The molecule has 1 aromatic carbocycles. The van der Waals surface area contributed by atoms with E-state index in [1.54, 1.807) is 0 Å². The van der Waals surface area contributed by atoms with E-state index in [-0.39, 0.29) is 5.69 Å². The summed E-state index contributed by atoms with van der Waals surface area (Å²) >= 11 is 4.00. The van der Waals surface area contributed by atoms with Crippen molar-refractivity contribution in [3.05, 3.63) is 39.7 Å². The van der Waals surface area contributed by atoms with E-state index in [1.165, 1.54) is 12.1 Å². The number of hydrogen-bond acceptors (Lipinski definition) is 3. The number of nitrogens with zero attached hydrogens (tertiary/aromatic N) is 1. The molecule has 0 unspecified atom stereocenters. The second-order valence-corrected chi connectivity index (χ2v) is 3.31. The summed E-state index contributed by atoms with van der Waals surface area (Å²) in [7, 11) is 0. The predicted molar refractivity (Wildman–Crippen MR) is 55.2 cm³/mol. The number of aryl methyl sites for hydroxylation is 1. The summed E-state index contributed by atoms with van der Waals surface area (Å²) in [6, 6.07) is 3.57. The van der Waals surface area contributed by atoms with Gasteiger partial charge in [0.25, 0.3) is 5.69 Å². The highest BCUT2D eigenvalue weighted by Gasteiger charge is 2.09. The lowest BCUT2D eigenvalue weighted by Crippen LogP contribution is -1.95. The van der Waals surface area contributed by atoms with E-state index in [2.05, 4.69) is 12.6 Å². The van der Waals surface area contributed by atoms with Gasteiger partial charge in [-0.15, -0.1) is 0 Å². The van der Waals surface area contributed by atoms with E-state index >= 15 is 0 Å². The van der Waals surface area contributed by atoms with Gasteiger partial charge >= 0.3 is 0 Å². The second kappa shape index (κ2) is 4.95. The third-order valence-electron chi connectivity index (χ3n) is 1.84. The molecular weight excluding hydrogens is 205 g/mol. The molecule has 0 radical (unpaired) electrons. The van der Waals surface area contributed by atoms with Crippen LogP contribution in [-0.2, 0) is 6.42 Å². The highest BCUT2D eigenvalue weighted by atomic mass is 32.1. The SMILES string of the molecule is O=[N+]([O-])c1ccc(F)c(CCCS)c1. The van der Waals surface area contributed by atoms with Gasteiger partial charge < -0.3 is 0 Å². The Morgan fingerprint density at radius 3 is 2.79 bits per heavy atom. The van der Waals surface area contributed by atoms with Crippen molar-refractivity contribution in [1.82, 2.24) is 0 Å². The summed E-state index contributed by atoms with van der Waals surface area (Å²) < 4.78 is 13.1. The van der Waals surface area contributed by atoms with Crippen molar-refractivity contribution in [2.75, 3.05) is 5.75 Å². The zero-order valence-electron chi connectivity index (χ0n) is 7.44. The maximum atomic E-state index is 13.1. The molecule has 5 heteroatoms. The second-order valence-electron chi connectivity index (χ2n) is 2.86. The van der Waals surface area contributed by atoms with Gasteiger partial charge in [0, 0.05) is 12.1 Å². The number of nitro groups is 1. The summed E-state index contributed by atoms with van der Waals surface area (Å²) in [5.41, 5.74) is 0.314. The molecule has 0 aromatic heterocycles. The Hall–Kier alpha value is -1.10. The first-order valence-electron chi connectivity index (χ1n) is 4.19. The molecule has 1 aromatic rings. The van der Waals surface area contributed by atoms with Crippen molar-refractivity contribution in [2.24, 2.45) is 0 Å².